The van der Waals surface area contributed by atoms with Gasteiger partial charge in [-0.15, -0.1) is 17.7 Å². The van der Waals surface area contributed by atoms with Gasteiger partial charge in [0.1, 0.15) is 15.6 Å². The molecular formula is C48H51F3N8O8SU-2. The Kier molecular flexibility index (Phi) is 15.5. The van der Waals surface area contributed by atoms with E-state index in [1.807, 2.05) is 9.80 Å². The molecule has 4 aliphatic heterocycles. The summed E-state index contributed by atoms with van der Waals surface area (Å²) in [6.45, 7) is 6.93. The minimum Gasteiger partial charge on any atom is -0.523 e. The standard InChI is InChI=1S/C46H46F3N8O8S.C2H5.U/c1-52-37-24-39(36(47)23-35(37)42(51-52)56-17-15-41(58)50-45(56)61)65-32-9-4-28(5-10-32)25-53-16-14-40(46(48,49)27-53)55-20-18-54(19-21-55)30-8-13-33-34(22-30)44(60)57(43(33)59)38(26-66(3,62)63)29-6-11-31(64-2)12-7-29;1-2;/h4-11,13,22-24,38,40H,14-21,25-27H2,1-3H3,(H,50,58,61);1H2,2H3;/q2*-1;/t38?,40-;;/m0../s1. The summed E-state index contributed by atoms with van der Waals surface area (Å²) in [6.07, 6.45) is 1.38. The number of carbonyl (C=O) groups excluding carboxylic acids is 4. The zero-order chi connectivity index (χ0) is 48.7. The van der Waals surface area contributed by atoms with Gasteiger partial charge in [-0.2, -0.15) is 24.2 Å². The van der Waals surface area contributed by atoms with Crippen molar-refractivity contribution in [3.8, 4) is 17.2 Å². The van der Waals surface area contributed by atoms with Crippen LogP contribution in [0.4, 0.5) is 29.5 Å². The number of carbonyl (C=O) groups is 4. The van der Waals surface area contributed by atoms with Crippen molar-refractivity contribution in [3.63, 3.8) is 0 Å². The fourth-order valence-electron chi connectivity index (χ4n) is 9.30. The van der Waals surface area contributed by atoms with Gasteiger partial charge >= 0.3 is 6.03 Å². The number of piperidine rings is 1. The third kappa shape index (κ3) is 10.8. The van der Waals surface area contributed by atoms with Crippen LogP contribution in [-0.2, 0) is 28.2 Å². The number of aromatic nitrogens is 2. The zero-order valence-corrected chi connectivity index (χ0v) is 43.5. The number of nitrogens with zero attached hydrogens (tertiary/aromatic N) is 7. The van der Waals surface area contributed by atoms with Gasteiger partial charge in [0.2, 0.25) is 5.91 Å². The number of likely N-dealkylation sites (tertiary alicyclic amines) is 1. The number of imide groups is 2. The van der Waals surface area contributed by atoms with Gasteiger partial charge in [-0.1, -0.05) is 12.1 Å². The number of aryl methyl sites for hydroxylation is 1. The predicted octanol–water partition coefficient (Wildman–Crippen LogP) is 6.01. The average molecular weight is 1200 g/mol. The van der Waals surface area contributed by atoms with Crippen molar-refractivity contribution >= 4 is 56.0 Å². The number of halogens is 3. The Balaban J connectivity index is 0.00000231. The molecule has 1 unspecified atom stereocenters. The van der Waals surface area contributed by atoms with Gasteiger partial charge in [-0.3, -0.25) is 44.0 Å². The summed E-state index contributed by atoms with van der Waals surface area (Å²) in [7, 11) is -0.522. The summed E-state index contributed by atoms with van der Waals surface area (Å²) in [5, 5.41) is 7.00. The third-order valence-electron chi connectivity index (χ3n) is 12.6. The van der Waals surface area contributed by atoms with E-state index in [9.17, 15) is 27.6 Å². The maximum Gasteiger partial charge on any atom is 0.329 e. The number of hydrogen-bond acceptors (Lipinski definition) is 12. The summed E-state index contributed by atoms with van der Waals surface area (Å²) in [6, 6.07) is 19.3. The summed E-state index contributed by atoms with van der Waals surface area (Å²) >= 11 is 0. The average Bonchev–Trinajstić information content (AvgIpc) is 3.76. The van der Waals surface area contributed by atoms with Gasteiger partial charge in [0, 0.05) is 126 Å². The Morgan fingerprint density at radius 3 is 2.28 bits per heavy atom. The normalized spacial score (nSPS) is 19.1. The van der Waals surface area contributed by atoms with Crippen molar-refractivity contribution in [2.75, 3.05) is 74.7 Å². The molecule has 364 valence electrons. The summed E-state index contributed by atoms with van der Waals surface area (Å²) in [5.41, 5.74) is 2.66. The first-order valence-corrected chi connectivity index (χ1v) is 24.1. The summed E-state index contributed by atoms with van der Waals surface area (Å²) < 4.78 is 84.8. The van der Waals surface area contributed by atoms with Crippen molar-refractivity contribution in [2.45, 2.75) is 44.3 Å². The molecule has 1 aromatic heterocycles. The van der Waals surface area contributed by atoms with Crippen LogP contribution in [0.25, 0.3) is 10.9 Å². The minimum atomic E-state index is -3.64. The predicted molar refractivity (Wildman–Crippen MR) is 247 cm³/mol. The Hall–Kier alpha value is -5.46. The van der Waals surface area contributed by atoms with Crippen LogP contribution in [0.1, 0.15) is 57.7 Å². The smallest absolute Gasteiger partial charge is 0.329 e. The molecular weight excluding hydrogens is 1140 g/mol. The molecule has 69 heavy (non-hydrogen) atoms. The number of ether oxygens (including phenoxy) is 2. The molecule has 4 aliphatic rings. The molecule has 5 heterocycles. The molecule has 0 bridgehead atoms. The number of anilines is 2. The van der Waals surface area contributed by atoms with Gasteiger partial charge in [-0.05, 0) is 48.4 Å². The van der Waals surface area contributed by atoms with E-state index >= 15 is 13.2 Å². The van der Waals surface area contributed by atoms with Crippen molar-refractivity contribution < 1.29 is 81.4 Å². The van der Waals surface area contributed by atoms with Crippen LogP contribution in [0.15, 0.2) is 72.8 Å². The quantitative estimate of drug-likeness (QED) is 0.114. The van der Waals surface area contributed by atoms with Gasteiger partial charge in [0.05, 0.1) is 42.1 Å². The van der Waals surface area contributed by atoms with Crippen LogP contribution in [0.2, 0.25) is 0 Å². The first kappa shape index (κ1) is 51.4. The maximum absolute atomic E-state index is 15.9. The van der Waals surface area contributed by atoms with Crippen molar-refractivity contribution in [1.82, 2.24) is 29.8 Å². The first-order valence-electron chi connectivity index (χ1n) is 22.1. The summed E-state index contributed by atoms with van der Waals surface area (Å²) in [5.74, 6) is -4.89. The van der Waals surface area contributed by atoms with Crippen molar-refractivity contribution in [1.29, 1.82) is 0 Å². The van der Waals surface area contributed by atoms with Crippen molar-refractivity contribution in [3.05, 3.63) is 114 Å². The van der Waals surface area contributed by atoms with Crippen LogP contribution in [-0.4, -0.2) is 134 Å². The molecule has 3 saturated heterocycles. The zero-order valence-electron chi connectivity index (χ0n) is 38.5. The van der Waals surface area contributed by atoms with Crippen LogP contribution in [0.5, 0.6) is 17.2 Å². The maximum atomic E-state index is 15.9. The first-order chi connectivity index (χ1) is 32.5. The summed E-state index contributed by atoms with van der Waals surface area (Å²) in [4.78, 5) is 59.4. The second kappa shape index (κ2) is 20.9. The molecule has 0 aliphatic carbocycles. The fraction of sp³-hybridized carbons (Fsp3) is 0.375. The number of nitrogens with one attached hydrogen (secondary N) is 1. The van der Waals surface area contributed by atoms with Gasteiger partial charge in [0.15, 0.2) is 17.4 Å². The molecule has 3 fully saturated rings. The number of methoxy groups -OCH3 is 1. The molecule has 2 atom stereocenters. The molecule has 0 saturated carbocycles. The number of amides is 5. The molecule has 0 spiro atoms. The monoisotopic (exact) mass is 1190 g/mol. The van der Waals surface area contributed by atoms with E-state index in [1.165, 1.54) is 34.9 Å². The molecule has 16 nitrogen and oxygen atoms in total. The SMILES string of the molecule is COc1[c-]cc(C(CS(C)(=O)=O)N2C(=O)c3ccc(N4CCN([C@H]5CCN(Cc6ccc(Oc7cc8c(cc7F)c(N7CCC(=O)NC7=O)nn8C)cc6)CC5(F)F)CC4)cc3C2=O)cc1.[CH2-]C.[U]. The van der Waals surface area contributed by atoms with Crippen LogP contribution in [0, 0.1) is 49.9 Å². The number of sulfone groups is 1. The molecule has 5 amide bonds. The molecule has 21 heteroatoms. The van der Waals surface area contributed by atoms with Gasteiger partial charge in [-0.25, -0.2) is 26.4 Å². The number of rotatable bonds is 12. The number of piperazine rings is 1. The largest absolute Gasteiger partial charge is 0.523 e. The van der Waals surface area contributed by atoms with Crippen molar-refractivity contribution in [2.24, 2.45) is 7.05 Å². The van der Waals surface area contributed by atoms with E-state index in [-0.39, 0.29) is 79.7 Å². The number of hydrogen-bond donors (Lipinski definition) is 1. The van der Waals surface area contributed by atoms with Crippen LogP contribution >= 0.6 is 0 Å². The Bertz CT molecular complexity index is 2860. The number of benzene rings is 4. The topological polar surface area (TPSA) is 167 Å². The number of urea groups is 1. The molecule has 5 aromatic rings. The van der Waals surface area contributed by atoms with E-state index in [0.29, 0.717) is 66.4 Å². The minimum absolute atomic E-state index is 0. The van der Waals surface area contributed by atoms with Gasteiger partial charge in [0.25, 0.3) is 17.7 Å². The van der Waals surface area contributed by atoms with Crippen LogP contribution < -0.4 is 24.6 Å². The second-order valence-corrected chi connectivity index (χ2v) is 19.2. The molecule has 0 radical (unpaired) electrons. The fourth-order valence-corrected chi connectivity index (χ4v) is 10.2. The Morgan fingerprint density at radius 2 is 1.64 bits per heavy atom. The Labute approximate surface area is 421 Å². The third-order valence-corrected chi connectivity index (χ3v) is 13.5. The molecule has 1 N–H and O–H groups in total. The van der Waals surface area contributed by atoms with E-state index in [2.05, 4.69) is 23.4 Å². The van der Waals surface area contributed by atoms with E-state index in [1.54, 1.807) is 73.5 Å². The molecule has 4 aromatic carbocycles. The van der Waals surface area contributed by atoms with E-state index < -0.39 is 69.7 Å². The Morgan fingerprint density at radius 1 is 0.928 bits per heavy atom. The second-order valence-electron chi connectivity index (χ2n) is 17.1. The molecule has 9 rings (SSSR count). The van der Waals surface area contributed by atoms with E-state index in [0.717, 1.165) is 16.7 Å². The van der Waals surface area contributed by atoms with Crippen LogP contribution in [0.3, 0.4) is 0 Å². The van der Waals surface area contributed by atoms with E-state index in [4.69, 9.17) is 9.47 Å². The number of alkyl halides is 2. The number of fused-ring (bicyclic) bond motifs is 2. The van der Waals surface area contributed by atoms with Gasteiger partial charge < -0.3 is 21.3 Å².